The van der Waals surface area contributed by atoms with Crippen molar-refractivity contribution in [3.8, 4) is 0 Å². The summed E-state index contributed by atoms with van der Waals surface area (Å²) in [6.45, 7) is 3.71. The Morgan fingerprint density at radius 2 is 1.89 bits per heavy atom. The molecule has 0 radical (unpaired) electrons. The number of halogens is 2. The van der Waals surface area contributed by atoms with Gasteiger partial charge >= 0.3 is 0 Å². The summed E-state index contributed by atoms with van der Waals surface area (Å²) in [5.41, 5.74) is 2.74. The molecule has 1 aromatic carbocycles. The molecule has 2 rings (SSSR count). The van der Waals surface area contributed by atoms with Crippen molar-refractivity contribution in [2.24, 2.45) is 0 Å². The second-order valence-corrected chi connectivity index (χ2v) is 5.00. The first-order valence-corrected chi connectivity index (χ1v) is 6.43. The zero-order valence-electron chi connectivity index (χ0n) is 10.5. The molecule has 0 aliphatic carbocycles. The number of aryl methyl sites for hydroxylation is 2. The van der Waals surface area contributed by atoms with Crippen LogP contribution in [0.1, 0.15) is 21.5 Å². The molecule has 3 nitrogen and oxygen atoms in total. The molecule has 0 bridgehead atoms. The van der Waals surface area contributed by atoms with Crippen LogP contribution in [0.3, 0.4) is 0 Å². The van der Waals surface area contributed by atoms with Crippen LogP contribution in [-0.2, 0) is 0 Å². The zero-order valence-corrected chi connectivity index (χ0v) is 12.0. The first kappa shape index (κ1) is 13.8. The summed E-state index contributed by atoms with van der Waals surface area (Å²) in [5.74, 6) is -0.252. The lowest BCUT2D eigenvalue weighted by molar-refractivity contribution is 0.102. The number of aromatic nitrogens is 1. The van der Waals surface area contributed by atoms with E-state index in [0.29, 0.717) is 16.3 Å². The number of benzene rings is 1. The number of hydrogen-bond donors (Lipinski definition) is 1. The van der Waals surface area contributed by atoms with Crippen molar-refractivity contribution in [3.05, 3.63) is 57.3 Å². The molecule has 98 valence electrons. The molecule has 0 unspecified atom stereocenters. The number of anilines is 1. The molecule has 19 heavy (non-hydrogen) atoms. The average Bonchev–Trinajstić information content (AvgIpc) is 2.37. The molecule has 0 fully saturated rings. The molecule has 1 aromatic heterocycles. The number of nitrogens with one attached hydrogen (secondary N) is 1. The fourth-order valence-electron chi connectivity index (χ4n) is 1.69. The fourth-order valence-corrected chi connectivity index (χ4v) is 2.12. The van der Waals surface area contributed by atoms with E-state index in [4.69, 9.17) is 23.2 Å². The van der Waals surface area contributed by atoms with Gasteiger partial charge in [-0.05, 0) is 43.2 Å². The zero-order chi connectivity index (χ0) is 14.0. The summed E-state index contributed by atoms with van der Waals surface area (Å²) in [4.78, 5) is 16.2. The van der Waals surface area contributed by atoms with Gasteiger partial charge in [-0.3, -0.25) is 4.79 Å². The van der Waals surface area contributed by atoms with Crippen molar-refractivity contribution in [2.75, 3.05) is 5.32 Å². The summed E-state index contributed by atoms with van der Waals surface area (Å²) in [6.07, 6.45) is 1.60. The van der Waals surface area contributed by atoms with Crippen LogP contribution in [0.2, 0.25) is 10.2 Å². The minimum Gasteiger partial charge on any atom is -0.319 e. The number of hydrogen-bond acceptors (Lipinski definition) is 2. The van der Waals surface area contributed by atoms with Crippen LogP contribution >= 0.6 is 23.2 Å². The second kappa shape index (κ2) is 5.59. The second-order valence-electron chi connectivity index (χ2n) is 4.21. The van der Waals surface area contributed by atoms with Crippen LogP contribution in [0.15, 0.2) is 30.5 Å². The van der Waals surface area contributed by atoms with Crippen molar-refractivity contribution in [2.45, 2.75) is 13.8 Å². The number of carbonyl (C=O) groups is 1. The van der Waals surface area contributed by atoms with Crippen LogP contribution in [0.5, 0.6) is 0 Å². The van der Waals surface area contributed by atoms with Crippen LogP contribution in [0.4, 0.5) is 5.69 Å². The number of rotatable bonds is 2. The standard InChI is InChI=1S/C14H12Cl2N2O/c1-8-3-4-10(15)7-11(8)14(19)18-12-9(2)5-6-17-13(12)16/h3-7H,1-2H3,(H,18,19). The highest BCUT2D eigenvalue weighted by atomic mass is 35.5. The summed E-state index contributed by atoms with van der Waals surface area (Å²) in [5, 5.41) is 3.56. The Balaban J connectivity index is 2.34. The Labute approximate surface area is 121 Å². The molecule has 2 aromatic rings. The van der Waals surface area contributed by atoms with Gasteiger partial charge in [0.1, 0.15) is 0 Å². The van der Waals surface area contributed by atoms with Gasteiger partial charge in [-0.2, -0.15) is 0 Å². The summed E-state index contributed by atoms with van der Waals surface area (Å²) in [7, 11) is 0. The lowest BCUT2D eigenvalue weighted by atomic mass is 10.1. The maximum Gasteiger partial charge on any atom is 0.256 e. The number of carbonyl (C=O) groups excluding carboxylic acids is 1. The summed E-state index contributed by atoms with van der Waals surface area (Å²) >= 11 is 11.9. The molecule has 1 amide bonds. The highest BCUT2D eigenvalue weighted by Crippen LogP contribution is 2.24. The third-order valence-electron chi connectivity index (χ3n) is 2.80. The Morgan fingerprint density at radius 3 is 2.58 bits per heavy atom. The fraction of sp³-hybridized carbons (Fsp3) is 0.143. The first-order chi connectivity index (χ1) is 8.99. The Morgan fingerprint density at radius 1 is 1.16 bits per heavy atom. The molecule has 0 aliphatic heterocycles. The molecule has 1 heterocycles. The number of nitrogens with zero attached hydrogens (tertiary/aromatic N) is 1. The normalized spacial score (nSPS) is 10.3. The quantitative estimate of drug-likeness (QED) is 0.841. The maximum absolute atomic E-state index is 12.2. The van der Waals surface area contributed by atoms with Crippen molar-refractivity contribution >= 4 is 34.8 Å². The van der Waals surface area contributed by atoms with E-state index in [1.54, 1.807) is 30.5 Å². The Kier molecular flexibility index (Phi) is 4.08. The third kappa shape index (κ3) is 3.06. The van der Waals surface area contributed by atoms with E-state index in [0.717, 1.165) is 11.1 Å². The van der Waals surface area contributed by atoms with Gasteiger partial charge in [0.25, 0.3) is 5.91 Å². The van der Waals surface area contributed by atoms with E-state index in [1.807, 2.05) is 13.8 Å². The molecule has 0 saturated heterocycles. The van der Waals surface area contributed by atoms with E-state index >= 15 is 0 Å². The molecule has 0 aliphatic rings. The molecular weight excluding hydrogens is 283 g/mol. The van der Waals surface area contributed by atoms with Crippen molar-refractivity contribution in [1.29, 1.82) is 0 Å². The molecule has 5 heteroatoms. The SMILES string of the molecule is Cc1ccc(Cl)cc1C(=O)Nc1c(C)ccnc1Cl. The van der Waals surface area contributed by atoms with Crippen LogP contribution in [0.25, 0.3) is 0 Å². The van der Waals surface area contributed by atoms with E-state index < -0.39 is 0 Å². The molecular formula is C14H12Cl2N2O. The Hall–Kier alpha value is -1.58. The van der Waals surface area contributed by atoms with Crippen molar-refractivity contribution < 1.29 is 4.79 Å². The van der Waals surface area contributed by atoms with E-state index in [-0.39, 0.29) is 11.1 Å². The summed E-state index contributed by atoms with van der Waals surface area (Å²) < 4.78 is 0. The average molecular weight is 295 g/mol. The van der Waals surface area contributed by atoms with E-state index in [1.165, 1.54) is 0 Å². The van der Waals surface area contributed by atoms with E-state index in [2.05, 4.69) is 10.3 Å². The van der Waals surface area contributed by atoms with Gasteiger partial charge in [-0.1, -0.05) is 29.3 Å². The molecule has 0 saturated carbocycles. The van der Waals surface area contributed by atoms with Crippen LogP contribution < -0.4 is 5.32 Å². The highest BCUT2D eigenvalue weighted by molar-refractivity contribution is 6.33. The number of pyridine rings is 1. The molecule has 0 spiro atoms. The first-order valence-electron chi connectivity index (χ1n) is 5.67. The topological polar surface area (TPSA) is 42.0 Å². The largest absolute Gasteiger partial charge is 0.319 e. The maximum atomic E-state index is 12.2. The predicted molar refractivity (Wildman–Crippen MR) is 78.1 cm³/mol. The Bertz CT molecular complexity index is 621. The van der Waals surface area contributed by atoms with Gasteiger partial charge in [0.2, 0.25) is 0 Å². The van der Waals surface area contributed by atoms with Crippen LogP contribution in [-0.4, -0.2) is 10.9 Å². The van der Waals surface area contributed by atoms with Crippen LogP contribution in [0, 0.1) is 13.8 Å². The molecule has 0 atom stereocenters. The third-order valence-corrected chi connectivity index (χ3v) is 3.32. The monoisotopic (exact) mass is 294 g/mol. The van der Waals surface area contributed by atoms with Gasteiger partial charge < -0.3 is 5.32 Å². The minimum absolute atomic E-state index is 0.252. The van der Waals surface area contributed by atoms with Gasteiger partial charge in [-0.15, -0.1) is 0 Å². The number of amides is 1. The minimum atomic E-state index is -0.252. The van der Waals surface area contributed by atoms with Crippen molar-refractivity contribution in [1.82, 2.24) is 4.98 Å². The lowest BCUT2D eigenvalue weighted by Gasteiger charge is -2.11. The molecule has 1 N–H and O–H groups in total. The van der Waals surface area contributed by atoms with Gasteiger partial charge in [0, 0.05) is 16.8 Å². The smallest absolute Gasteiger partial charge is 0.256 e. The van der Waals surface area contributed by atoms with Gasteiger partial charge in [-0.25, -0.2) is 4.98 Å². The van der Waals surface area contributed by atoms with Gasteiger partial charge in [0.05, 0.1) is 5.69 Å². The predicted octanol–water partition coefficient (Wildman–Crippen LogP) is 4.26. The highest BCUT2D eigenvalue weighted by Gasteiger charge is 2.13. The van der Waals surface area contributed by atoms with Gasteiger partial charge in [0.15, 0.2) is 5.15 Å². The lowest BCUT2D eigenvalue weighted by Crippen LogP contribution is -2.14. The summed E-state index contributed by atoms with van der Waals surface area (Å²) in [6, 6.07) is 6.96. The van der Waals surface area contributed by atoms with E-state index in [9.17, 15) is 4.79 Å². The van der Waals surface area contributed by atoms with Crippen molar-refractivity contribution in [3.63, 3.8) is 0 Å².